The number of amides is 1. The fourth-order valence-electron chi connectivity index (χ4n) is 4.20. The van der Waals surface area contributed by atoms with Gasteiger partial charge in [0.1, 0.15) is 23.5 Å². The molecule has 152 valence electrons. The molecular formula is C22H20N4O4. The monoisotopic (exact) mass is 404 g/mol. The van der Waals surface area contributed by atoms with E-state index in [0.717, 1.165) is 17.5 Å². The number of nitrogens with one attached hydrogen (secondary N) is 1. The maximum absolute atomic E-state index is 12.8. The van der Waals surface area contributed by atoms with Gasteiger partial charge in [0.2, 0.25) is 5.91 Å². The number of benzene rings is 2. The van der Waals surface area contributed by atoms with Gasteiger partial charge in [0.05, 0.1) is 31.0 Å². The van der Waals surface area contributed by atoms with Crippen LogP contribution in [0.2, 0.25) is 0 Å². The van der Waals surface area contributed by atoms with Crippen LogP contribution in [0.15, 0.2) is 54.7 Å². The number of aromatic nitrogens is 3. The summed E-state index contributed by atoms with van der Waals surface area (Å²) < 4.78 is 13.3. The Morgan fingerprint density at radius 1 is 1.23 bits per heavy atom. The molecule has 30 heavy (non-hydrogen) atoms. The summed E-state index contributed by atoms with van der Waals surface area (Å²) in [6.07, 6.45) is 3.14. The normalized spacial score (nSPS) is 22.5. The van der Waals surface area contributed by atoms with E-state index in [2.05, 4.69) is 15.6 Å². The van der Waals surface area contributed by atoms with E-state index in [-0.39, 0.29) is 18.6 Å². The standard InChI is InChI=1S/C22H20N4O4/c27-11-15-5-1-4-8-20(15)30-12-16-10-26(25-24-16)17-9-22(14-29-13-17)18-6-2-3-7-19(18)23-21(22)28/h1-8,10-11,17H,9,12-14H2,(H,23,28). The van der Waals surface area contributed by atoms with Crippen LogP contribution in [-0.2, 0) is 21.6 Å². The summed E-state index contributed by atoms with van der Waals surface area (Å²) in [4.78, 5) is 24.0. The molecular weight excluding hydrogens is 384 g/mol. The average molecular weight is 404 g/mol. The van der Waals surface area contributed by atoms with E-state index in [0.29, 0.717) is 36.6 Å². The van der Waals surface area contributed by atoms with E-state index in [1.54, 1.807) is 29.1 Å². The van der Waals surface area contributed by atoms with Gasteiger partial charge in [0.25, 0.3) is 0 Å². The fraction of sp³-hybridized carbons (Fsp3) is 0.273. The first-order chi connectivity index (χ1) is 14.7. The number of carbonyl (C=O) groups excluding carboxylic acids is 2. The molecule has 1 N–H and O–H groups in total. The molecule has 1 saturated heterocycles. The van der Waals surface area contributed by atoms with Crippen molar-refractivity contribution in [1.29, 1.82) is 0 Å². The third-order valence-electron chi connectivity index (χ3n) is 5.72. The molecule has 1 amide bonds. The summed E-state index contributed by atoms with van der Waals surface area (Å²) in [6.45, 7) is 0.987. The van der Waals surface area contributed by atoms with Crippen molar-refractivity contribution in [2.75, 3.05) is 18.5 Å². The minimum Gasteiger partial charge on any atom is -0.486 e. The number of hydrogen-bond donors (Lipinski definition) is 1. The lowest BCUT2D eigenvalue weighted by Gasteiger charge is -2.36. The molecule has 0 aliphatic carbocycles. The third kappa shape index (κ3) is 3.05. The van der Waals surface area contributed by atoms with E-state index in [4.69, 9.17) is 9.47 Å². The second-order valence-corrected chi connectivity index (χ2v) is 7.59. The molecule has 3 heterocycles. The molecule has 1 spiro atoms. The Bertz CT molecular complexity index is 1110. The van der Waals surface area contributed by atoms with Crippen LogP contribution in [0.4, 0.5) is 5.69 Å². The second kappa shape index (κ2) is 7.38. The highest BCUT2D eigenvalue weighted by atomic mass is 16.5. The molecule has 0 saturated carbocycles. The molecule has 0 radical (unpaired) electrons. The van der Waals surface area contributed by atoms with Crippen LogP contribution in [0.3, 0.4) is 0 Å². The van der Waals surface area contributed by atoms with Crippen molar-refractivity contribution in [2.45, 2.75) is 24.5 Å². The first-order valence-corrected chi connectivity index (χ1v) is 9.76. The Balaban J connectivity index is 1.33. The largest absolute Gasteiger partial charge is 0.486 e. The lowest BCUT2D eigenvalue weighted by molar-refractivity contribution is -0.127. The quantitative estimate of drug-likeness (QED) is 0.657. The summed E-state index contributed by atoms with van der Waals surface area (Å²) in [6, 6.07) is 14.6. The number of para-hydroxylation sites is 2. The molecule has 8 heteroatoms. The lowest BCUT2D eigenvalue weighted by Crippen LogP contribution is -2.46. The van der Waals surface area contributed by atoms with Gasteiger partial charge in [-0.25, -0.2) is 4.68 Å². The Labute approximate surface area is 172 Å². The van der Waals surface area contributed by atoms with Crippen LogP contribution in [-0.4, -0.2) is 40.4 Å². The number of nitrogens with zero attached hydrogens (tertiary/aromatic N) is 3. The minimum absolute atomic E-state index is 0.0393. The number of rotatable bonds is 5. The van der Waals surface area contributed by atoms with Gasteiger partial charge in [-0.05, 0) is 30.2 Å². The predicted octanol–water partition coefficient (Wildman–Crippen LogP) is 2.52. The van der Waals surface area contributed by atoms with Gasteiger partial charge in [-0.15, -0.1) is 5.10 Å². The second-order valence-electron chi connectivity index (χ2n) is 7.59. The molecule has 0 bridgehead atoms. The van der Waals surface area contributed by atoms with E-state index < -0.39 is 5.41 Å². The lowest BCUT2D eigenvalue weighted by atomic mass is 9.76. The maximum atomic E-state index is 12.8. The predicted molar refractivity (Wildman–Crippen MR) is 107 cm³/mol. The number of fused-ring (bicyclic) bond motifs is 2. The SMILES string of the molecule is O=Cc1ccccc1OCc1cn(C2COCC3(C2)C(=O)Nc2ccccc23)nn1. The van der Waals surface area contributed by atoms with Crippen molar-refractivity contribution in [3.05, 3.63) is 71.5 Å². The van der Waals surface area contributed by atoms with Crippen LogP contribution in [0.1, 0.15) is 34.1 Å². The highest BCUT2D eigenvalue weighted by Crippen LogP contribution is 2.45. The van der Waals surface area contributed by atoms with Crippen LogP contribution < -0.4 is 10.1 Å². The Hall–Kier alpha value is -3.52. The van der Waals surface area contributed by atoms with Gasteiger partial charge in [0, 0.05) is 5.69 Å². The van der Waals surface area contributed by atoms with Crippen LogP contribution in [0.5, 0.6) is 5.75 Å². The van der Waals surface area contributed by atoms with Gasteiger partial charge in [-0.3, -0.25) is 9.59 Å². The smallest absolute Gasteiger partial charge is 0.237 e. The molecule has 8 nitrogen and oxygen atoms in total. The highest BCUT2D eigenvalue weighted by molar-refractivity contribution is 6.06. The van der Waals surface area contributed by atoms with Crippen molar-refractivity contribution in [1.82, 2.24) is 15.0 Å². The molecule has 1 aromatic heterocycles. The van der Waals surface area contributed by atoms with Gasteiger partial charge in [-0.2, -0.15) is 0 Å². The number of anilines is 1. The van der Waals surface area contributed by atoms with Crippen molar-refractivity contribution >= 4 is 17.9 Å². The zero-order valence-corrected chi connectivity index (χ0v) is 16.2. The number of carbonyl (C=O) groups is 2. The van der Waals surface area contributed by atoms with Gasteiger partial charge in [0.15, 0.2) is 6.29 Å². The van der Waals surface area contributed by atoms with Crippen LogP contribution >= 0.6 is 0 Å². The number of aldehydes is 1. The molecule has 5 rings (SSSR count). The summed E-state index contributed by atoms with van der Waals surface area (Å²) in [5, 5.41) is 11.4. The average Bonchev–Trinajstić information content (AvgIpc) is 3.36. The molecule has 2 unspecified atom stereocenters. The summed E-state index contributed by atoms with van der Waals surface area (Å²) in [5.41, 5.74) is 2.21. The molecule has 2 aliphatic rings. The first kappa shape index (κ1) is 18.5. The summed E-state index contributed by atoms with van der Waals surface area (Å²) in [7, 11) is 0. The minimum atomic E-state index is -0.717. The van der Waals surface area contributed by atoms with Gasteiger partial charge in [-0.1, -0.05) is 35.5 Å². The Morgan fingerprint density at radius 2 is 2.07 bits per heavy atom. The van der Waals surface area contributed by atoms with Crippen molar-refractivity contribution in [2.24, 2.45) is 0 Å². The van der Waals surface area contributed by atoms with E-state index in [1.165, 1.54) is 0 Å². The van der Waals surface area contributed by atoms with Crippen molar-refractivity contribution in [3.63, 3.8) is 0 Å². The molecule has 2 aliphatic heterocycles. The zero-order chi connectivity index (χ0) is 20.6. The van der Waals surface area contributed by atoms with Gasteiger partial charge >= 0.3 is 0 Å². The Morgan fingerprint density at radius 3 is 2.97 bits per heavy atom. The summed E-state index contributed by atoms with van der Waals surface area (Å²) >= 11 is 0. The van der Waals surface area contributed by atoms with Crippen LogP contribution in [0.25, 0.3) is 0 Å². The van der Waals surface area contributed by atoms with E-state index in [1.807, 2.05) is 30.3 Å². The zero-order valence-electron chi connectivity index (χ0n) is 16.2. The molecule has 2 aromatic carbocycles. The topological polar surface area (TPSA) is 95.3 Å². The molecule has 1 fully saturated rings. The molecule has 3 aromatic rings. The van der Waals surface area contributed by atoms with Crippen LogP contribution in [0, 0.1) is 0 Å². The van der Waals surface area contributed by atoms with Crippen molar-refractivity contribution < 1.29 is 19.1 Å². The maximum Gasteiger partial charge on any atom is 0.237 e. The number of hydrogen-bond acceptors (Lipinski definition) is 6. The fourth-order valence-corrected chi connectivity index (χ4v) is 4.20. The summed E-state index contributed by atoms with van der Waals surface area (Å²) in [5.74, 6) is 0.462. The Kier molecular flexibility index (Phi) is 4.55. The molecule has 2 atom stereocenters. The highest BCUT2D eigenvalue weighted by Gasteiger charge is 2.50. The third-order valence-corrected chi connectivity index (χ3v) is 5.72. The van der Waals surface area contributed by atoms with E-state index in [9.17, 15) is 9.59 Å². The first-order valence-electron chi connectivity index (χ1n) is 9.76. The van der Waals surface area contributed by atoms with Gasteiger partial charge < -0.3 is 14.8 Å². The number of ether oxygens (including phenoxy) is 2. The van der Waals surface area contributed by atoms with Crippen molar-refractivity contribution in [3.8, 4) is 5.75 Å². The van der Waals surface area contributed by atoms with E-state index >= 15 is 0 Å².